The molecule has 4 heterocycles. The summed E-state index contributed by atoms with van der Waals surface area (Å²) in [6.45, 7) is 19.7. The molecule has 7 fully saturated rings. The minimum absolute atomic E-state index is 0.0267. The van der Waals surface area contributed by atoms with E-state index >= 15 is 0 Å². The van der Waals surface area contributed by atoms with Crippen LogP contribution in [0.1, 0.15) is 112 Å². The van der Waals surface area contributed by atoms with Crippen molar-refractivity contribution in [2.24, 2.45) is 56.7 Å². The topological polar surface area (TPSA) is 106 Å². The number of aliphatic hydroxyl groups excluding tert-OH is 1. The van der Waals surface area contributed by atoms with Gasteiger partial charge >= 0.3 is 12.2 Å². The highest BCUT2D eigenvalue weighted by Gasteiger charge is 2.84. The van der Waals surface area contributed by atoms with Crippen molar-refractivity contribution >= 4 is 12.2 Å². The Morgan fingerprint density at radius 3 is 2.43 bits per heavy atom. The van der Waals surface area contributed by atoms with Gasteiger partial charge in [-0.1, -0.05) is 48.5 Å². The molecule has 0 bridgehead atoms. The van der Waals surface area contributed by atoms with Crippen LogP contribution < -0.4 is 0 Å². The Kier molecular flexibility index (Phi) is 7.66. The van der Waals surface area contributed by atoms with Gasteiger partial charge in [0.2, 0.25) is 0 Å². The fourth-order valence-corrected chi connectivity index (χ4v) is 14.6. The van der Waals surface area contributed by atoms with Crippen LogP contribution in [0.2, 0.25) is 0 Å². The molecule has 5 aliphatic carbocycles. The Morgan fingerprint density at radius 1 is 0.961 bits per heavy atom. The molecule has 10 heteroatoms. The van der Waals surface area contributed by atoms with Crippen molar-refractivity contribution in [2.45, 2.75) is 150 Å². The second-order valence-electron chi connectivity index (χ2n) is 19.8. The summed E-state index contributed by atoms with van der Waals surface area (Å²) < 4.78 is 21.8. The minimum Gasteiger partial charge on any atom is -0.446 e. The van der Waals surface area contributed by atoms with E-state index in [-0.39, 0.29) is 75.5 Å². The van der Waals surface area contributed by atoms with Crippen molar-refractivity contribution in [3.05, 3.63) is 18.2 Å². The average Bonchev–Trinajstić information content (AvgIpc) is 3.40. The average molecular weight is 707 g/mol. The van der Waals surface area contributed by atoms with Crippen molar-refractivity contribution in [3.8, 4) is 0 Å². The van der Waals surface area contributed by atoms with Gasteiger partial charge in [0.25, 0.3) is 0 Å². The second-order valence-corrected chi connectivity index (χ2v) is 19.8. The summed E-state index contributed by atoms with van der Waals surface area (Å²) in [6.07, 6.45) is 11.6. The zero-order valence-corrected chi connectivity index (χ0v) is 32.1. The van der Waals surface area contributed by atoms with Crippen LogP contribution in [0.5, 0.6) is 0 Å². The minimum atomic E-state index is -0.557. The molecule has 51 heavy (non-hydrogen) atoms. The number of carbonyl (C=O) groups is 2. The molecule has 8 aliphatic rings. The quantitative estimate of drug-likeness (QED) is 0.364. The number of fused-ring (bicyclic) bond motifs is 5. The first-order valence-corrected chi connectivity index (χ1v) is 20.4. The molecular weight excluding hydrogens is 644 g/mol. The van der Waals surface area contributed by atoms with Crippen LogP contribution in [0.3, 0.4) is 0 Å². The first-order chi connectivity index (χ1) is 24.2. The molecule has 2 spiro atoms. The van der Waals surface area contributed by atoms with E-state index in [1.807, 2.05) is 17.3 Å². The highest BCUT2D eigenvalue weighted by atomic mass is 16.6. The van der Waals surface area contributed by atoms with E-state index in [1.54, 1.807) is 4.90 Å². The summed E-state index contributed by atoms with van der Waals surface area (Å²) in [5.74, 6) is 2.62. The summed E-state index contributed by atoms with van der Waals surface area (Å²) in [6, 6.07) is 0. The van der Waals surface area contributed by atoms with Gasteiger partial charge in [0.15, 0.2) is 0 Å². The number of amides is 2. The second kappa shape index (κ2) is 11.3. The normalized spacial score (nSPS) is 46.7. The number of nitrogens with zero attached hydrogens (tertiary/aromatic N) is 4. The Balaban J connectivity index is 0.937. The number of aromatic nitrogens is 2. The molecule has 2 amide bonds. The van der Waals surface area contributed by atoms with Gasteiger partial charge in [0.1, 0.15) is 18.0 Å². The van der Waals surface area contributed by atoms with Crippen molar-refractivity contribution in [3.63, 3.8) is 0 Å². The Hall–Kier alpha value is -2.33. The number of aliphatic hydroxyl groups is 1. The molecule has 1 N–H and O–H groups in total. The monoisotopic (exact) mass is 706 g/mol. The molecular formula is C41H62N4O6. The summed E-state index contributed by atoms with van der Waals surface area (Å²) in [4.78, 5) is 34.6. The van der Waals surface area contributed by atoms with Gasteiger partial charge in [-0.15, -0.1) is 0 Å². The molecule has 5 saturated carbocycles. The predicted octanol–water partition coefficient (Wildman–Crippen LogP) is 6.88. The summed E-state index contributed by atoms with van der Waals surface area (Å²) in [7, 11) is 0. The Labute approximate surface area is 304 Å². The molecule has 1 aromatic heterocycles. The molecule has 10 nitrogen and oxygen atoms in total. The fraction of sp³-hybridized carbons (Fsp3) is 0.878. The number of rotatable bonds is 4. The molecule has 0 aromatic carbocycles. The van der Waals surface area contributed by atoms with E-state index in [0.29, 0.717) is 30.8 Å². The van der Waals surface area contributed by atoms with Crippen LogP contribution >= 0.6 is 0 Å². The van der Waals surface area contributed by atoms with E-state index in [1.165, 1.54) is 12.8 Å². The van der Waals surface area contributed by atoms with E-state index in [9.17, 15) is 14.7 Å². The third-order valence-corrected chi connectivity index (χ3v) is 17.4. The lowest BCUT2D eigenvalue weighted by atomic mass is 9.41. The SMILES string of the molecule is CC(C)C(OC(=O)N1CCC1)C1C[C@@H](C)[C@H]2C(O1)[C@H](O)[C@@]1(C)C3CC[C@H]4C(C)(C)C(OC(=O)N5CCn6ccnc6C5)CCC45CC35CCC21C. The van der Waals surface area contributed by atoms with Crippen LogP contribution in [-0.2, 0) is 27.3 Å². The molecule has 13 atom stereocenters. The molecule has 282 valence electrons. The van der Waals surface area contributed by atoms with Crippen LogP contribution in [0, 0.1) is 56.7 Å². The summed E-state index contributed by atoms with van der Waals surface area (Å²) in [5.41, 5.74) is 0.0720. The molecule has 1 aromatic rings. The third-order valence-electron chi connectivity index (χ3n) is 17.4. The maximum Gasteiger partial charge on any atom is 0.410 e. The first-order valence-electron chi connectivity index (χ1n) is 20.4. The predicted molar refractivity (Wildman–Crippen MR) is 190 cm³/mol. The van der Waals surface area contributed by atoms with Gasteiger partial charge < -0.3 is 28.8 Å². The van der Waals surface area contributed by atoms with Gasteiger partial charge in [-0.2, -0.15) is 0 Å². The highest BCUT2D eigenvalue weighted by molar-refractivity contribution is 5.69. The lowest BCUT2D eigenvalue weighted by Gasteiger charge is -2.63. The zero-order chi connectivity index (χ0) is 35.9. The third kappa shape index (κ3) is 4.50. The Bertz CT molecular complexity index is 1570. The van der Waals surface area contributed by atoms with Gasteiger partial charge in [0.05, 0.1) is 24.9 Å². The molecule has 2 saturated heterocycles. The maximum atomic E-state index is 13.6. The Morgan fingerprint density at radius 2 is 1.71 bits per heavy atom. The lowest BCUT2D eigenvalue weighted by molar-refractivity contribution is -0.185. The van der Waals surface area contributed by atoms with Crippen LogP contribution in [-0.4, -0.2) is 86.8 Å². The first kappa shape index (κ1) is 34.4. The number of likely N-dealkylation sites (tertiary alicyclic amines) is 1. The number of ether oxygens (including phenoxy) is 3. The van der Waals surface area contributed by atoms with E-state index < -0.39 is 6.10 Å². The smallest absolute Gasteiger partial charge is 0.410 e. The highest BCUT2D eigenvalue weighted by Crippen LogP contribution is 2.89. The molecule has 8 unspecified atom stereocenters. The molecule has 0 radical (unpaired) electrons. The van der Waals surface area contributed by atoms with Gasteiger partial charge in [-0.25, -0.2) is 14.6 Å². The number of imidazole rings is 1. The van der Waals surface area contributed by atoms with Gasteiger partial charge in [-0.05, 0) is 104 Å². The summed E-state index contributed by atoms with van der Waals surface area (Å²) >= 11 is 0. The number of carbonyl (C=O) groups excluding carboxylic acids is 2. The van der Waals surface area contributed by atoms with Crippen molar-refractivity contribution < 1.29 is 28.9 Å². The van der Waals surface area contributed by atoms with Crippen molar-refractivity contribution in [1.82, 2.24) is 19.4 Å². The van der Waals surface area contributed by atoms with E-state index in [4.69, 9.17) is 14.2 Å². The fourth-order valence-electron chi connectivity index (χ4n) is 14.6. The zero-order valence-electron chi connectivity index (χ0n) is 32.1. The molecule has 3 aliphatic heterocycles. The number of hydrogen-bond acceptors (Lipinski definition) is 7. The standard InChI is InChI=1S/C41H62N4O6/c1-24(2)32(51-35(47)44-16-8-17-44)26-21-25(3)31-33(49-26)34(46)39(7)28-10-9-27-37(4,5)29(11-12-40(27)23-41(28,40)14-13-38(31,39)6)50-36(48)45-20-19-43-18-15-42-30(43)22-45/h15,18,24-29,31-34,46H,8-14,16-17,19-23H2,1-7H3/t25-,26?,27+,28?,29?,31+,32?,33?,34+,38?,39-,40?,41?/m1/s1. The van der Waals surface area contributed by atoms with Gasteiger partial charge in [-0.3, -0.25) is 4.90 Å². The van der Waals surface area contributed by atoms with E-state index in [0.717, 1.165) is 70.4 Å². The van der Waals surface area contributed by atoms with E-state index in [2.05, 4.69) is 58.0 Å². The number of hydrogen-bond donors (Lipinski definition) is 1. The van der Waals surface area contributed by atoms with Crippen LogP contribution in [0.25, 0.3) is 0 Å². The van der Waals surface area contributed by atoms with Crippen LogP contribution in [0.4, 0.5) is 9.59 Å². The van der Waals surface area contributed by atoms with Crippen molar-refractivity contribution in [1.29, 1.82) is 0 Å². The summed E-state index contributed by atoms with van der Waals surface area (Å²) in [5, 5.41) is 12.7. The molecule has 9 rings (SSSR count). The maximum absolute atomic E-state index is 13.6. The van der Waals surface area contributed by atoms with Gasteiger partial charge in [0, 0.05) is 49.4 Å². The lowest BCUT2D eigenvalue weighted by Crippen LogP contribution is -2.60. The largest absolute Gasteiger partial charge is 0.446 e. The van der Waals surface area contributed by atoms with Crippen LogP contribution in [0.15, 0.2) is 12.4 Å². The van der Waals surface area contributed by atoms with Crippen molar-refractivity contribution in [2.75, 3.05) is 19.6 Å².